The molecule has 0 saturated heterocycles. The van der Waals surface area contributed by atoms with Gasteiger partial charge in [0.2, 0.25) is 0 Å². The minimum absolute atomic E-state index is 0.119. The number of amides is 2. The summed E-state index contributed by atoms with van der Waals surface area (Å²) in [5, 5.41) is 14.7. The Hall–Kier alpha value is -2.50. The van der Waals surface area contributed by atoms with Crippen molar-refractivity contribution in [1.82, 2.24) is 10.6 Å². The van der Waals surface area contributed by atoms with Crippen molar-refractivity contribution in [2.24, 2.45) is 5.92 Å². The summed E-state index contributed by atoms with van der Waals surface area (Å²) >= 11 is 0. The third kappa shape index (κ3) is 3.58. The quantitative estimate of drug-likeness (QED) is 0.744. The van der Waals surface area contributed by atoms with Gasteiger partial charge in [-0.25, -0.2) is 9.59 Å². The van der Waals surface area contributed by atoms with E-state index < -0.39 is 12.0 Å². The lowest BCUT2D eigenvalue weighted by molar-refractivity contribution is -0.140. The number of rotatable bonds is 4. The van der Waals surface area contributed by atoms with Crippen molar-refractivity contribution in [2.75, 3.05) is 6.61 Å². The molecule has 0 fully saturated rings. The predicted molar refractivity (Wildman–Crippen MR) is 81.0 cm³/mol. The second-order valence-electron chi connectivity index (χ2n) is 5.65. The molecule has 3 N–H and O–H groups in total. The van der Waals surface area contributed by atoms with Gasteiger partial charge in [-0.05, 0) is 30.5 Å². The fourth-order valence-corrected chi connectivity index (χ4v) is 2.20. The summed E-state index contributed by atoms with van der Waals surface area (Å²) in [5.74, 6) is -0.117. The molecule has 22 heavy (non-hydrogen) atoms. The topological polar surface area (TPSA) is 87.7 Å². The third-order valence-corrected chi connectivity index (χ3v) is 3.26. The average Bonchev–Trinajstić information content (AvgIpc) is 2.44. The van der Waals surface area contributed by atoms with E-state index in [0.29, 0.717) is 23.4 Å². The van der Waals surface area contributed by atoms with Crippen LogP contribution in [0, 0.1) is 5.92 Å². The van der Waals surface area contributed by atoms with E-state index >= 15 is 0 Å². The second kappa shape index (κ2) is 6.51. The van der Waals surface area contributed by atoms with Gasteiger partial charge in [0.15, 0.2) is 0 Å². The number of phenolic OH excluding ortho intramolecular Hbond substituents is 1. The molecule has 2 amide bonds. The van der Waals surface area contributed by atoms with Crippen LogP contribution in [-0.4, -0.2) is 23.7 Å². The summed E-state index contributed by atoms with van der Waals surface area (Å²) in [6.45, 7) is 5.88. The number of phenols is 1. The molecular formula is C16H20N2O4. The van der Waals surface area contributed by atoms with Crippen LogP contribution in [0.5, 0.6) is 5.75 Å². The molecule has 0 aromatic heterocycles. The van der Waals surface area contributed by atoms with Crippen LogP contribution >= 0.6 is 0 Å². The molecular weight excluding hydrogens is 284 g/mol. The molecule has 0 bridgehead atoms. The Kier molecular flexibility index (Phi) is 4.70. The molecule has 0 aliphatic carbocycles. The van der Waals surface area contributed by atoms with Gasteiger partial charge in [-0.2, -0.15) is 0 Å². The molecule has 1 aromatic rings. The zero-order valence-corrected chi connectivity index (χ0v) is 12.8. The number of aromatic hydroxyl groups is 1. The first kappa shape index (κ1) is 15.9. The van der Waals surface area contributed by atoms with E-state index in [1.807, 2.05) is 13.8 Å². The molecule has 1 atom stereocenters. The fourth-order valence-electron chi connectivity index (χ4n) is 2.20. The molecule has 1 aromatic carbocycles. The molecule has 6 nitrogen and oxygen atoms in total. The summed E-state index contributed by atoms with van der Waals surface area (Å²) in [7, 11) is 0. The smallest absolute Gasteiger partial charge is 0.338 e. The Morgan fingerprint density at radius 2 is 1.95 bits per heavy atom. The number of carbonyl (C=O) groups is 2. The molecule has 1 aliphatic heterocycles. The lowest BCUT2D eigenvalue weighted by atomic mass is 9.95. The molecule has 6 heteroatoms. The van der Waals surface area contributed by atoms with Gasteiger partial charge in [0, 0.05) is 5.70 Å². The van der Waals surface area contributed by atoms with Crippen molar-refractivity contribution in [2.45, 2.75) is 26.8 Å². The van der Waals surface area contributed by atoms with E-state index in [2.05, 4.69) is 10.6 Å². The largest absolute Gasteiger partial charge is 0.508 e. The maximum absolute atomic E-state index is 12.3. The fraction of sp³-hybridized carbons (Fsp3) is 0.375. The van der Waals surface area contributed by atoms with Gasteiger partial charge in [-0.1, -0.05) is 26.0 Å². The number of hydrogen-bond acceptors (Lipinski definition) is 4. The highest BCUT2D eigenvalue weighted by Gasteiger charge is 2.32. The van der Waals surface area contributed by atoms with Crippen LogP contribution in [-0.2, 0) is 9.53 Å². The standard InChI is InChI=1S/C16H20N2O4/c1-9(2)8-22-15(20)13-10(3)17-16(21)18-14(13)11-4-6-12(19)7-5-11/h4-7,9,14,19H,8H2,1-3H3,(H2,17,18,21)/t14-/m0/s1. The van der Waals surface area contributed by atoms with Crippen molar-refractivity contribution in [3.05, 3.63) is 41.1 Å². The second-order valence-corrected chi connectivity index (χ2v) is 5.65. The highest BCUT2D eigenvalue weighted by atomic mass is 16.5. The molecule has 1 heterocycles. The summed E-state index contributed by atoms with van der Waals surface area (Å²) in [6, 6.07) is 5.36. The molecule has 0 radical (unpaired) electrons. The van der Waals surface area contributed by atoms with Crippen LogP contribution in [0.25, 0.3) is 0 Å². The Balaban J connectivity index is 2.32. The number of hydrogen-bond donors (Lipinski definition) is 3. The molecule has 0 unspecified atom stereocenters. The lowest BCUT2D eigenvalue weighted by Gasteiger charge is -2.28. The first-order chi connectivity index (χ1) is 10.4. The zero-order chi connectivity index (χ0) is 16.3. The Bertz CT molecular complexity index is 605. The number of carbonyl (C=O) groups excluding carboxylic acids is 2. The molecule has 118 valence electrons. The Morgan fingerprint density at radius 3 is 2.55 bits per heavy atom. The van der Waals surface area contributed by atoms with Gasteiger partial charge in [0.05, 0.1) is 18.2 Å². The van der Waals surface area contributed by atoms with E-state index in [1.165, 1.54) is 12.1 Å². The van der Waals surface area contributed by atoms with E-state index in [1.54, 1.807) is 19.1 Å². The van der Waals surface area contributed by atoms with Crippen molar-refractivity contribution in [3.63, 3.8) is 0 Å². The molecule has 0 spiro atoms. The van der Waals surface area contributed by atoms with Crippen LogP contribution < -0.4 is 10.6 Å². The number of allylic oxidation sites excluding steroid dienone is 1. The highest BCUT2D eigenvalue weighted by Crippen LogP contribution is 2.28. The lowest BCUT2D eigenvalue weighted by Crippen LogP contribution is -2.45. The molecule has 1 aliphatic rings. The predicted octanol–water partition coefficient (Wildman–Crippen LogP) is 2.22. The summed E-state index contributed by atoms with van der Waals surface area (Å²) in [6.07, 6.45) is 0. The van der Waals surface area contributed by atoms with Gasteiger partial charge in [-0.15, -0.1) is 0 Å². The van der Waals surface area contributed by atoms with Crippen LogP contribution in [0.1, 0.15) is 32.4 Å². The van der Waals surface area contributed by atoms with E-state index in [0.717, 1.165) is 0 Å². The zero-order valence-electron chi connectivity index (χ0n) is 12.8. The summed E-state index contributed by atoms with van der Waals surface area (Å²) in [4.78, 5) is 24.1. The maximum atomic E-state index is 12.3. The normalized spacial score (nSPS) is 18.0. The minimum atomic E-state index is -0.603. The molecule has 2 rings (SSSR count). The average molecular weight is 304 g/mol. The maximum Gasteiger partial charge on any atom is 0.338 e. The number of benzene rings is 1. The van der Waals surface area contributed by atoms with Gasteiger partial charge in [0.25, 0.3) is 0 Å². The van der Waals surface area contributed by atoms with Gasteiger partial charge in [0.1, 0.15) is 5.75 Å². The van der Waals surface area contributed by atoms with Crippen LogP contribution in [0.4, 0.5) is 4.79 Å². The van der Waals surface area contributed by atoms with Crippen molar-refractivity contribution >= 4 is 12.0 Å². The van der Waals surface area contributed by atoms with Gasteiger partial charge in [-0.3, -0.25) is 0 Å². The first-order valence-corrected chi connectivity index (χ1v) is 7.12. The Morgan fingerprint density at radius 1 is 1.32 bits per heavy atom. The number of urea groups is 1. The number of esters is 1. The van der Waals surface area contributed by atoms with Crippen LogP contribution in [0.15, 0.2) is 35.5 Å². The van der Waals surface area contributed by atoms with Crippen molar-refractivity contribution in [3.8, 4) is 5.75 Å². The van der Waals surface area contributed by atoms with E-state index in [-0.39, 0.29) is 17.7 Å². The van der Waals surface area contributed by atoms with Gasteiger partial charge < -0.3 is 20.5 Å². The SMILES string of the molecule is CC1=C(C(=O)OCC(C)C)[C@H](c2ccc(O)cc2)NC(=O)N1. The van der Waals surface area contributed by atoms with Crippen LogP contribution in [0.2, 0.25) is 0 Å². The van der Waals surface area contributed by atoms with Crippen LogP contribution in [0.3, 0.4) is 0 Å². The first-order valence-electron chi connectivity index (χ1n) is 7.12. The summed E-state index contributed by atoms with van der Waals surface area (Å²) < 4.78 is 5.29. The number of ether oxygens (including phenoxy) is 1. The van der Waals surface area contributed by atoms with E-state index in [9.17, 15) is 14.7 Å². The van der Waals surface area contributed by atoms with Gasteiger partial charge >= 0.3 is 12.0 Å². The van der Waals surface area contributed by atoms with Crippen molar-refractivity contribution in [1.29, 1.82) is 0 Å². The monoisotopic (exact) mass is 304 g/mol. The Labute approximate surface area is 129 Å². The third-order valence-electron chi connectivity index (χ3n) is 3.26. The minimum Gasteiger partial charge on any atom is -0.508 e. The van der Waals surface area contributed by atoms with Crippen molar-refractivity contribution < 1.29 is 19.4 Å². The highest BCUT2D eigenvalue weighted by molar-refractivity contribution is 5.95. The molecule has 0 saturated carbocycles. The number of nitrogens with one attached hydrogen (secondary N) is 2. The van der Waals surface area contributed by atoms with E-state index in [4.69, 9.17) is 4.74 Å². The summed E-state index contributed by atoms with van der Waals surface area (Å²) in [5.41, 5.74) is 1.53.